The number of nitrogens with one attached hydrogen (secondary N) is 1. The minimum atomic E-state index is 0.177. The van der Waals surface area contributed by atoms with E-state index in [9.17, 15) is 4.79 Å². The molecular formula is C19H21N3O. The van der Waals surface area contributed by atoms with Crippen molar-refractivity contribution in [2.45, 2.75) is 51.1 Å². The lowest BCUT2D eigenvalue weighted by molar-refractivity contribution is 0.344. The highest BCUT2D eigenvalue weighted by atomic mass is 16.1. The molecule has 1 saturated carbocycles. The molecule has 0 bridgehead atoms. The Bertz CT molecular complexity index is 937. The number of aromatic nitrogens is 3. The fourth-order valence-corrected chi connectivity index (χ4v) is 4.41. The number of nitrogens with zero attached hydrogens (tertiary/aromatic N) is 2. The molecular weight excluding hydrogens is 286 g/mol. The van der Waals surface area contributed by atoms with Crippen LogP contribution in [0.2, 0.25) is 0 Å². The molecule has 0 atom stereocenters. The molecule has 1 aliphatic heterocycles. The predicted molar refractivity (Wildman–Crippen MR) is 91.0 cm³/mol. The van der Waals surface area contributed by atoms with Gasteiger partial charge in [-0.1, -0.05) is 37.5 Å². The van der Waals surface area contributed by atoms with Gasteiger partial charge in [0.2, 0.25) is 0 Å². The Hall–Kier alpha value is -2.23. The van der Waals surface area contributed by atoms with Gasteiger partial charge in [0.1, 0.15) is 0 Å². The summed E-state index contributed by atoms with van der Waals surface area (Å²) in [5.41, 5.74) is 5.08. The van der Waals surface area contributed by atoms with Gasteiger partial charge in [-0.2, -0.15) is 0 Å². The Morgan fingerprint density at radius 2 is 1.91 bits per heavy atom. The van der Waals surface area contributed by atoms with Crippen LogP contribution in [0.3, 0.4) is 0 Å². The molecule has 0 unspecified atom stereocenters. The first-order chi connectivity index (χ1) is 11.3. The van der Waals surface area contributed by atoms with Crippen LogP contribution in [0.15, 0.2) is 35.3 Å². The number of rotatable bonds is 1. The molecule has 1 aliphatic carbocycles. The standard InChI is InChI=1S/C19H21N3O/c23-19-21(13-6-2-1-3-7-13)11-14-10-16-15-8-4-5-9-17(15)20-18(16)12-22(14)19/h4-5,8-9,11,13,20H,1-3,6-7,10,12H2. The average Bonchev–Trinajstić information content (AvgIpc) is 3.12. The first-order valence-corrected chi connectivity index (χ1v) is 8.70. The van der Waals surface area contributed by atoms with Gasteiger partial charge >= 0.3 is 5.69 Å². The van der Waals surface area contributed by atoms with E-state index >= 15 is 0 Å². The molecule has 0 amide bonds. The van der Waals surface area contributed by atoms with Crippen LogP contribution >= 0.6 is 0 Å². The minimum absolute atomic E-state index is 0.177. The molecule has 2 aromatic heterocycles. The van der Waals surface area contributed by atoms with Gasteiger partial charge in [-0.3, -0.25) is 9.13 Å². The van der Waals surface area contributed by atoms with Gasteiger partial charge in [-0.25, -0.2) is 4.79 Å². The number of hydrogen-bond acceptors (Lipinski definition) is 1. The van der Waals surface area contributed by atoms with E-state index in [-0.39, 0.29) is 5.69 Å². The first kappa shape index (κ1) is 13.2. The lowest BCUT2D eigenvalue weighted by Gasteiger charge is -2.21. The molecule has 4 heteroatoms. The smallest absolute Gasteiger partial charge is 0.328 e. The van der Waals surface area contributed by atoms with Crippen LogP contribution in [0, 0.1) is 0 Å². The van der Waals surface area contributed by atoms with Crippen molar-refractivity contribution in [1.82, 2.24) is 14.1 Å². The van der Waals surface area contributed by atoms with E-state index < -0.39 is 0 Å². The summed E-state index contributed by atoms with van der Waals surface area (Å²) in [4.78, 5) is 16.4. The van der Waals surface area contributed by atoms with Crippen molar-refractivity contribution < 1.29 is 0 Å². The number of aromatic amines is 1. The molecule has 2 aliphatic rings. The highest BCUT2D eigenvalue weighted by Gasteiger charge is 2.25. The van der Waals surface area contributed by atoms with Gasteiger partial charge in [0.25, 0.3) is 0 Å². The number of fused-ring (bicyclic) bond motifs is 4. The normalized spacial score (nSPS) is 18.1. The van der Waals surface area contributed by atoms with Crippen LogP contribution in [0.25, 0.3) is 10.9 Å². The molecule has 3 aromatic rings. The summed E-state index contributed by atoms with van der Waals surface area (Å²) in [5, 5.41) is 1.30. The lowest BCUT2D eigenvalue weighted by Crippen LogP contribution is -2.30. The van der Waals surface area contributed by atoms with Crippen molar-refractivity contribution in [1.29, 1.82) is 0 Å². The predicted octanol–water partition coefficient (Wildman–Crippen LogP) is 3.59. The Labute approximate surface area is 134 Å². The fourth-order valence-electron chi connectivity index (χ4n) is 4.41. The van der Waals surface area contributed by atoms with Crippen LogP contribution in [0.1, 0.15) is 55.1 Å². The van der Waals surface area contributed by atoms with Crippen LogP contribution in [-0.2, 0) is 13.0 Å². The van der Waals surface area contributed by atoms with E-state index in [0.717, 1.165) is 25.0 Å². The highest BCUT2D eigenvalue weighted by Crippen LogP contribution is 2.31. The summed E-state index contributed by atoms with van der Waals surface area (Å²) in [6, 6.07) is 8.84. The van der Waals surface area contributed by atoms with Crippen molar-refractivity contribution in [3.8, 4) is 0 Å². The number of H-pyrrole nitrogens is 1. The van der Waals surface area contributed by atoms with Crippen LogP contribution < -0.4 is 5.69 Å². The molecule has 118 valence electrons. The number of benzene rings is 1. The van der Waals surface area contributed by atoms with Crippen LogP contribution in [0.4, 0.5) is 0 Å². The first-order valence-electron chi connectivity index (χ1n) is 8.70. The van der Waals surface area contributed by atoms with E-state index in [1.54, 1.807) is 0 Å². The van der Waals surface area contributed by atoms with Gasteiger partial charge in [0.15, 0.2) is 0 Å². The van der Waals surface area contributed by atoms with E-state index in [0.29, 0.717) is 12.6 Å². The zero-order chi connectivity index (χ0) is 15.4. The van der Waals surface area contributed by atoms with Crippen LogP contribution in [-0.4, -0.2) is 14.1 Å². The summed E-state index contributed by atoms with van der Waals surface area (Å²) in [7, 11) is 0. The van der Waals surface area contributed by atoms with E-state index in [4.69, 9.17) is 0 Å². The maximum atomic E-state index is 12.8. The Kier molecular flexibility index (Phi) is 2.81. The average molecular weight is 307 g/mol. The molecule has 3 heterocycles. The summed E-state index contributed by atoms with van der Waals surface area (Å²) in [6.07, 6.45) is 9.10. The van der Waals surface area contributed by atoms with E-state index in [1.165, 1.54) is 41.4 Å². The summed E-state index contributed by atoms with van der Waals surface area (Å²) < 4.78 is 3.98. The fraction of sp³-hybridized carbons (Fsp3) is 0.421. The highest BCUT2D eigenvalue weighted by molar-refractivity contribution is 5.85. The maximum Gasteiger partial charge on any atom is 0.328 e. The Morgan fingerprint density at radius 1 is 1.09 bits per heavy atom. The quantitative estimate of drug-likeness (QED) is 0.574. The topological polar surface area (TPSA) is 42.7 Å². The number of imidazole rings is 1. The van der Waals surface area contributed by atoms with Gasteiger partial charge in [-0.05, 0) is 24.5 Å². The van der Waals surface area contributed by atoms with Crippen molar-refractivity contribution in [2.24, 2.45) is 0 Å². The van der Waals surface area contributed by atoms with Crippen molar-refractivity contribution in [2.75, 3.05) is 0 Å². The monoisotopic (exact) mass is 307 g/mol. The largest absolute Gasteiger partial charge is 0.357 e. The molecule has 5 rings (SSSR count). The molecule has 4 nitrogen and oxygen atoms in total. The third-order valence-electron chi connectivity index (χ3n) is 5.63. The third kappa shape index (κ3) is 1.94. The second-order valence-corrected chi connectivity index (χ2v) is 6.99. The van der Waals surface area contributed by atoms with E-state index in [2.05, 4.69) is 35.4 Å². The van der Waals surface area contributed by atoms with Gasteiger partial charge in [-0.15, -0.1) is 0 Å². The minimum Gasteiger partial charge on any atom is -0.357 e. The molecule has 1 fully saturated rings. The zero-order valence-corrected chi connectivity index (χ0v) is 13.2. The summed E-state index contributed by atoms with van der Waals surface area (Å²) >= 11 is 0. The molecule has 1 aromatic carbocycles. The Balaban J connectivity index is 1.59. The van der Waals surface area contributed by atoms with Crippen molar-refractivity contribution in [3.63, 3.8) is 0 Å². The van der Waals surface area contributed by atoms with E-state index in [1.807, 2.05) is 9.13 Å². The van der Waals surface area contributed by atoms with Crippen LogP contribution in [0.5, 0.6) is 0 Å². The summed E-state index contributed by atoms with van der Waals surface area (Å²) in [5.74, 6) is 0. The molecule has 0 spiro atoms. The van der Waals surface area contributed by atoms with Crippen molar-refractivity contribution >= 4 is 10.9 Å². The molecule has 0 radical (unpaired) electrons. The number of para-hydroxylation sites is 1. The SMILES string of the molecule is O=c1n(C2CCCCC2)cc2n1Cc1[nH]c3ccccc3c1C2. The summed E-state index contributed by atoms with van der Waals surface area (Å²) in [6.45, 7) is 0.678. The molecule has 0 saturated heterocycles. The molecule has 23 heavy (non-hydrogen) atoms. The lowest BCUT2D eigenvalue weighted by atomic mass is 9.95. The van der Waals surface area contributed by atoms with Crippen molar-refractivity contribution in [3.05, 3.63) is 57.9 Å². The van der Waals surface area contributed by atoms with Gasteiger partial charge in [0, 0.05) is 41.0 Å². The third-order valence-corrected chi connectivity index (χ3v) is 5.63. The van der Waals surface area contributed by atoms with Gasteiger partial charge in [0.05, 0.1) is 6.54 Å². The maximum absolute atomic E-state index is 12.8. The van der Waals surface area contributed by atoms with Gasteiger partial charge < -0.3 is 4.98 Å². The second kappa shape index (κ2) is 4.88. The molecule has 1 N–H and O–H groups in total. The number of hydrogen-bond donors (Lipinski definition) is 1. The Morgan fingerprint density at radius 3 is 2.78 bits per heavy atom. The second-order valence-electron chi connectivity index (χ2n) is 6.99. The zero-order valence-electron chi connectivity index (χ0n) is 13.2.